The van der Waals surface area contributed by atoms with Crippen molar-refractivity contribution in [3.8, 4) is 0 Å². The summed E-state index contributed by atoms with van der Waals surface area (Å²) in [5.74, 6) is -0.987. The summed E-state index contributed by atoms with van der Waals surface area (Å²) < 4.78 is 65.4. The summed E-state index contributed by atoms with van der Waals surface area (Å²) in [6.07, 6.45) is 9.70. The quantitative estimate of drug-likeness (QED) is 0.0167. The van der Waals surface area contributed by atoms with Gasteiger partial charge in [0.1, 0.15) is 49.0 Å². The van der Waals surface area contributed by atoms with Crippen molar-refractivity contribution in [1.29, 1.82) is 0 Å². The van der Waals surface area contributed by atoms with E-state index < -0.39 is 91.3 Å². The number of unbranched alkanes of at least 4 members (excludes halogenated alkanes) is 21. The van der Waals surface area contributed by atoms with E-state index in [0.29, 0.717) is 31.5 Å². The monoisotopic (exact) mass is 998 g/mol. The number of carbonyl (C=O) groups excluding carboxylic acids is 3. The second-order valence-corrected chi connectivity index (χ2v) is 20.8. The number of ketones is 1. The van der Waals surface area contributed by atoms with E-state index in [2.05, 4.69) is 16.0 Å². The highest BCUT2D eigenvalue weighted by molar-refractivity contribution is 7.47. The lowest BCUT2D eigenvalue weighted by molar-refractivity contribution is -0.213. The van der Waals surface area contributed by atoms with Crippen LogP contribution in [0.15, 0.2) is 0 Å². The fraction of sp³-hybridized carbons (Fsp3) is 0.929. The largest absolute Gasteiger partial charge is 0.472 e. The summed E-state index contributed by atoms with van der Waals surface area (Å²) in [5.41, 5.74) is 0. The fourth-order valence-electron chi connectivity index (χ4n) is 7.53. The Morgan fingerprint density at radius 3 is 1.26 bits per heavy atom. The molecule has 0 heterocycles. The molecule has 0 aliphatic heterocycles. The third-order valence-electron chi connectivity index (χ3n) is 11.0. The first kappa shape index (κ1) is 61.8. The maximum absolute atomic E-state index is 13.1. The molecule has 0 bridgehead atoms. The number of Topliss-reactive ketones (excluding diaryl/α,β-unsaturated/α-hetero) is 1. The SMILES string of the molecule is CCCCCCCCCCCCCCCC(=O)O[C@H](COC(=O)CCCCCCCCCCCCC(=O)CCC)COP(=O)(O)OC1C(O)[C@@H](OP(=O)(O)O)C(OP(=O)(O)O)[C@@H](O)[C@H]1O. The Labute approximate surface area is 385 Å². The molecule has 0 aromatic carbocycles. The molecule has 1 rings (SSSR count). The first-order valence-electron chi connectivity index (χ1n) is 23.7. The van der Waals surface area contributed by atoms with Crippen LogP contribution in [-0.4, -0.2) is 113 Å². The van der Waals surface area contributed by atoms with Crippen LogP contribution in [0.3, 0.4) is 0 Å². The lowest BCUT2D eigenvalue weighted by atomic mass is 9.85. The van der Waals surface area contributed by atoms with E-state index in [4.69, 9.17) is 18.5 Å². The van der Waals surface area contributed by atoms with Gasteiger partial charge in [-0.25, -0.2) is 13.7 Å². The molecule has 8 N–H and O–H groups in total. The third-order valence-corrected chi connectivity index (χ3v) is 13.1. The van der Waals surface area contributed by atoms with Gasteiger partial charge in [0.2, 0.25) is 0 Å². The number of hydrogen-bond donors (Lipinski definition) is 8. The van der Waals surface area contributed by atoms with Crippen molar-refractivity contribution < 1.29 is 95.4 Å². The molecule has 8 atom stereocenters. The van der Waals surface area contributed by atoms with Crippen LogP contribution in [0.25, 0.3) is 0 Å². The molecule has 1 aliphatic carbocycles. The molecule has 0 aromatic rings. The molecule has 1 fully saturated rings. The summed E-state index contributed by atoms with van der Waals surface area (Å²) in [4.78, 5) is 84.7. The van der Waals surface area contributed by atoms with Gasteiger partial charge in [0.25, 0.3) is 0 Å². The van der Waals surface area contributed by atoms with E-state index >= 15 is 0 Å². The minimum atomic E-state index is -5.60. The minimum Gasteiger partial charge on any atom is -0.462 e. The molecule has 4 unspecified atom stereocenters. The average Bonchev–Trinajstić information content (AvgIpc) is 3.22. The van der Waals surface area contributed by atoms with Crippen LogP contribution < -0.4 is 0 Å². The summed E-state index contributed by atoms with van der Waals surface area (Å²) in [6, 6.07) is 0. The second-order valence-electron chi connectivity index (χ2n) is 17.0. The van der Waals surface area contributed by atoms with E-state index in [-0.39, 0.29) is 12.8 Å². The van der Waals surface area contributed by atoms with Gasteiger partial charge in [-0.3, -0.25) is 32.5 Å². The number of rotatable bonds is 41. The van der Waals surface area contributed by atoms with Crippen molar-refractivity contribution in [2.24, 2.45) is 0 Å². The molecule has 0 saturated heterocycles. The highest BCUT2D eigenvalue weighted by atomic mass is 31.2. The van der Waals surface area contributed by atoms with E-state index in [1.165, 1.54) is 44.9 Å². The fourth-order valence-corrected chi connectivity index (χ4v) is 9.63. The maximum atomic E-state index is 13.1. The van der Waals surface area contributed by atoms with Crippen molar-refractivity contribution in [2.75, 3.05) is 13.2 Å². The van der Waals surface area contributed by atoms with Gasteiger partial charge >= 0.3 is 35.4 Å². The Morgan fingerprint density at radius 1 is 0.446 bits per heavy atom. The first-order chi connectivity index (χ1) is 30.7. The smallest absolute Gasteiger partial charge is 0.462 e. The Morgan fingerprint density at radius 2 is 0.831 bits per heavy atom. The summed E-state index contributed by atoms with van der Waals surface area (Å²) in [6.45, 7) is 2.70. The van der Waals surface area contributed by atoms with Crippen LogP contribution in [0.4, 0.5) is 0 Å². The maximum Gasteiger partial charge on any atom is 0.472 e. The lowest BCUT2D eigenvalue weighted by Crippen LogP contribution is -2.65. The van der Waals surface area contributed by atoms with Crippen LogP contribution in [0, 0.1) is 0 Å². The van der Waals surface area contributed by atoms with Gasteiger partial charge < -0.3 is 49.3 Å². The molecule has 384 valence electrons. The molecule has 1 saturated carbocycles. The Hall–Kier alpha value is -1.18. The molecule has 0 radical (unpaired) electrons. The predicted octanol–water partition coefficient (Wildman–Crippen LogP) is 7.53. The number of hydrogen-bond acceptors (Lipinski definition) is 15. The number of esters is 2. The normalized spacial score (nSPS) is 21.8. The van der Waals surface area contributed by atoms with E-state index in [9.17, 15) is 67.9 Å². The highest BCUT2D eigenvalue weighted by Gasteiger charge is 2.56. The average molecular weight is 999 g/mol. The van der Waals surface area contributed by atoms with Crippen molar-refractivity contribution in [3.05, 3.63) is 0 Å². The van der Waals surface area contributed by atoms with Gasteiger partial charge in [-0.1, -0.05) is 142 Å². The van der Waals surface area contributed by atoms with Crippen LogP contribution >= 0.6 is 23.5 Å². The summed E-state index contributed by atoms with van der Waals surface area (Å²) in [5, 5.41) is 31.8. The standard InChI is InChI=1S/C42H81O20P3/c1-3-5-6-7-8-9-10-11-12-17-20-23-26-30-36(45)59-34(31-57-35(44)29-25-22-19-16-14-13-15-18-21-24-28-33(43)27-4-2)32-58-65(55,56)62-40-37(46)38(47)41(60-63(49,50)51)42(39(40)48)61-64(52,53)54/h34,37-42,46-48H,3-32H2,1-2H3,(H,55,56)(H2,49,50,51)(H2,52,53,54)/t34-,37-,38+,39?,40?,41?,42-/m1/s1. The number of ether oxygens (including phenoxy) is 2. The lowest BCUT2D eigenvalue weighted by Gasteiger charge is -2.44. The Balaban J connectivity index is 2.73. The molecule has 1 aliphatic rings. The molecule has 20 nitrogen and oxygen atoms in total. The summed E-state index contributed by atoms with van der Waals surface area (Å²) >= 11 is 0. The van der Waals surface area contributed by atoms with E-state index in [1.807, 2.05) is 6.92 Å². The van der Waals surface area contributed by atoms with Crippen molar-refractivity contribution >= 4 is 41.2 Å². The van der Waals surface area contributed by atoms with Crippen LogP contribution in [0.1, 0.15) is 194 Å². The number of phosphoric acid groups is 3. The minimum absolute atomic E-state index is 0.00724. The Bertz CT molecular complexity index is 1440. The molecule has 0 spiro atoms. The first-order valence-corrected chi connectivity index (χ1v) is 28.3. The van der Waals surface area contributed by atoms with Gasteiger partial charge in [-0.2, -0.15) is 0 Å². The molecule has 23 heteroatoms. The van der Waals surface area contributed by atoms with Crippen LogP contribution in [0.5, 0.6) is 0 Å². The molecular weight excluding hydrogens is 917 g/mol. The number of phosphoric ester groups is 3. The topological polar surface area (TPSA) is 320 Å². The van der Waals surface area contributed by atoms with Crippen LogP contribution in [-0.2, 0) is 55.6 Å². The zero-order valence-electron chi connectivity index (χ0n) is 38.6. The zero-order chi connectivity index (χ0) is 48.7. The van der Waals surface area contributed by atoms with Gasteiger partial charge in [-0.15, -0.1) is 0 Å². The van der Waals surface area contributed by atoms with E-state index in [0.717, 1.165) is 96.3 Å². The number of aliphatic hydroxyl groups is 3. The zero-order valence-corrected chi connectivity index (χ0v) is 41.3. The van der Waals surface area contributed by atoms with Crippen LogP contribution in [0.2, 0.25) is 0 Å². The Kier molecular flexibility index (Phi) is 33.3. The van der Waals surface area contributed by atoms with E-state index in [1.54, 1.807) is 0 Å². The second kappa shape index (κ2) is 35.0. The van der Waals surface area contributed by atoms with Crippen molar-refractivity contribution in [1.82, 2.24) is 0 Å². The third kappa shape index (κ3) is 31.6. The van der Waals surface area contributed by atoms with Crippen molar-refractivity contribution in [2.45, 2.75) is 236 Å². The number of aliphatic hydroxyl groups excluding tert-OH is 3. The molecule has 0 aromatic heterocycles. The van der Waals surface area contributed by atoms with Gasteiger partial charge in [0.05, 0.1) is 6.61 Å². The molecular formula is C42H81O20P3. The van der Waals surface area contributed by atoms with Gasteiger partial charge in [-0.05, 0) is 25.7 Å². The van der Waals surface area contributed by atoms with Gasteiger partial charge in [0, 0.05) is 25.7 Å². The summed E-state index contributed by atoms with van der Waals surface area (Å²) in [7, 11) is -16.6. The molecule has 65 heavy (non-hydrogen) atoms. The van der Waals surface area contributed by atoms with Gasteiger partial charge in [0.15, 0.2) is 6.10 Å². The predicted molar refractivity (Wildman–Crippen MR) is 239 cm³/mol. The molecule has 0 amide bonds. The van der Waals surface area contributed by atoms with Crippen molar-refractivity contribution in [3.63, 3.8) is 0 Å². The highest BCUT2D eigenvalue weighted by Crippen LogP contribution is 2.51. The number of carbonyl (C=O) groups is 3.